The van der Waals surface area contributed by atoms with Crippen LogP contribution >= 0.6 is 15.6 Å². The SMILES string of the molecule is O=P([O-])([O-])OP(=O)([O-])O.[Na+].[Na+].[Na+]. The van der Waals surface area contributed by atoms with Crippen LogP contribution in [0.25, 0.3) is 0 Å². The van der Waals surface area contributed by atoms with Crippen molar-refractivity contribution >= 4 is 15.6 Å². The Bertz CT molecular complexity index is 157. The minimum atomic E-state index is -5.61. The van der Waals surface area contributed by atoms with Crippen LogP contribution in [0.4, 0.5) is 0 Å². The maximum absolute atomic E-state index is 9.44. The van der Waals surface area contributed by atoms with Crippen molar-refractivity contribution < 1.29 is 122 Å². The molecule has 0 rings (SSSR count). The fourth-order valence-corrected chi connectivity index (χ4v) is 1.14. The van der Waals surface area contributed by atoms with Crippen LogP contribution < -0.4 is 103 Å². The van der Waals surface area contributed by atoms with Gasteiger partial charge in [-0.25, -0.2) is 0 Å². The van der Waals surface area contributed by atoms with E-state index in [9.17, 15) is 23.8 Å². The van der Waals surface area contributed by atoms with E-state index in [0.717, 1.165) is 0 Å². The van der Waals surface area contributed by atoms with Gasteiger partial charge in [-0.15, -0.1) is 0 Å². The van der Waals surface area contributed by atoms with E-state index in [2.05, 4.69) is 4.31 Å². The smallest absolute Gasteiger partial charge is 0.790 e. The van der Waals surface area contributed by atoms with Gasteiger partial charge in [0.1, 0.15) is 0 Å². The maximum Gasteiger partial charge on any atom is 1.00 e. The number of hydrogen-bond acceptors (Lipinski definition) is 6. The Morgan fingerprint density at radius 1 is 1.00 bits per heavy atom. The summed E-state index contributed by atoms with van der Waals surface area (Å²) in [6, 6.07) is 0. The van der Waals surface area contributed by atoms with Crippen molar-refractivity contribution in [3.63, 3.8) is 0 Å². The largest absolute Gasteiger partial charge is 1.00 e. The molecule has 1 atom stereocenters. The van der Waals surface area contributed by atoms with Gasteiger partial charge in [-0.3, -0.25) is 8.88 Å². The van der Waals surface area contributed by atoms with Crippen LogP contribution in [-0.4, -0.2) is 4.89 Å². The van der Waals surface area contributed by atoms with Gasteiger partial charge in [-0.05, 0) is 0 Å². The number of phosphoric acid groups is 2. The molecule has 0 saturated heterocycles. The topological polar surface area (TPSA) is 133 Å². The molecule has 1 N–H and O–H groups in total. The van der Waals surface area contributed by atoms with E-state index < -0.39 is 15.6 Å². The Balaban J connectivity index is -0.000000107. The van der Waals surface area contributed by atoms with Gasteiger partial charge in [0, 0.05) is 0 Å². The second-order valence-electron chi connectivity index (χ2n) is 0.997. The molecule has 0 fully saturated rings. The first-order chi connectivity index (χ1) is 3.71. The van der Waals surface area contributed by atoms with E-state index in [-0.39, 0.29) is 88.7 Å². The average Bonchev–Trinajstić information content (AvgIpc) is 1.14. The molecule has 1 unspecified atom stereocenters. The summed E-state index contributed by atoms with van der Waals surface area (Å²) in [4.78, 5) is 35.7. The summed E-state index contributed by atoms with van der Waals surface area (Å²) >= 11 is 0. The molecule has 0 aromatic rings. The van der Waals surface area contributed by atoms with Crippen molar-refractivity contribution in [3.8, 4) is 0 Å². The molecule has 0 aliphatic heterocycles. The zero-order valence-electron chi connectivity index (χ0n) is 6.79. The van der Waals surface area contributed by atoms with Crippen LogP contribution in [0.2, 0.25) is 0 Å². The molecule has 12 heteroatoms. The van der Waals surface area contributed by atoms with Crippen LogP contribution in [0.3, 0.4) is 0 Å². The van der Waals surface area contributed by atoms with E-state index in [1.54, 1.807) is 0 Å². The van der Waals surface area contributed by atoms with E-state index in [1.165, 1.54) is 0 Å². The molecular weight excluding hydrogens is 243 g/mol. The van der Waals surface area contributed by atoms with Gasteiger partial charge >= 0.3 is 88.7 Å². The molecule has 12 heavy (non-hydrogen) atoms. The predicted molar refractivity (Wildman–Crippen MR) is 18.5 cm³/mol. The first-order valence-corrected chi connectivity index (χ1v) is 4.43. The molecule has 0 aliphatic carbocycles. The van der Waals surface area contributed by atoms with Crippen LogP contribution in [0, 0.1) is 0 Å². The third-order valence-corrected chi connectivity index (χ3v) is 1.83. The van der Waals surface area contributed by atoms with Gasteiger partial charge in [0.05, 0.1) is 7.82 Å². The Kier molecular flexibility index (Phi) is 19.3. The average molecular weight is 244 g/mol. The first kappa shape index (κ1) is 24.5. The van der Waals surface area contributed by atoms with Crippen molar-refractivity contribution in [1.29, 1.82) is 0 Å². The zero-order valence-corrected chi connectivity index (χ0v) is 14.6. The van der Waals surface area contributed by atoms with Crippen LogP contribution in [0.5, 0.6) is 0 Å². The van der Waals surface area contributed by atoms with Gasteiger partial charge in [0.25, 0.3) is 7.82 Å². The number of rotatable bonds is 2. The summed E-state index contributed by atoms with van der Waals surface area (Å²) < 4.78 is 21.4. The third kappa shape index (κ3) is 23.2. The molecule has 0 heterocycles. The molecule has 0 saturated carbocycles. The van der Waals surface area contributed by atoms with Gasteiger partial charge < -0.3 is 24.1 Å². The second kappa shape index (κ2) is 9.48. The minimum absolute atomic E-state index is 0. The van der Waals surface area contributed by atoms with Crippen molar-refractivity contribution in [2.24, 2.45) is 0 Å². The molecule has 0 spiro atoms. The summed E-state index contributed by atoms with van der Waals surface area (Å²) in [6.45, 7) is 0. The van der Waals surface area contributed by atoms with Gasteiger partial charge in [0.2, 0.25) is 0 Å². The summed E-state index contributed by atoms with van der Waals surface area (Å²) in [5, 5.41) is 0. The molecule has 0 bridgehead atoms. The third-order valence-electron chi connectivity index (χ3n) is 0.203. The standard InChI is InChI=1S/3Na.H4O7P2/c;;;1-8(2,3)7-9(4,5)6/h;;;(H2,1,2,3)(H2,4,5,6)/q3*+1;/p-3. The molecule has 0 aromatic heterocycles. The zero-order chi connectivity index (χ0) is 7.71. The molecular formula is HNa3O7P2. The minimum Gasteiger partial charge on any atom is -0.790 e. The Hall–Kier alpha value is 3.26. The summed E-state index contributed by atoms with van der Waals surface area (Å²) in [5.41, 5.74) is 0. The van der Waals surface area contributed by atoms with E-state index >= 15 is 0 Å². The molecule has 0 radical (unpaired) electrons. The fourth-order valence-electron chi connectivity index (χ4n) is 0.126. The van der Waals surface area contributed by atoms with E-state index in [1.807, 2.05) is 0 Å². The van der Waals surface area contributed by atoms with Crippen molar-refractivity contribution in [2.75, 3.05) is 0 Å². The number of hydrogen-bond donors (Lipinski definition) is 1. The van der Waals surface area contributed by atoms with Gasteiger partial charge in [-0.1, -0.05) is 0 Å². The Morgan fingerprint density at radius 2 is 1.25 bits per heavy atom. The van der Waals surface area contributed by atoms with Gasteiger partial charge in [0.15, 0.2) is 0 Å². The molecule has 0 aliphatic rings. The van der Waals surface area contributed by atoms with E-state index in [0.29, 0.717) is 0 Å². The quantitative estimate of drug-likeness (QED) is 0.376. The van der Waals surface area contributed by atoms with E-state index in [4.69, 9.17) is 4.89 Å². The normalized spacial score (nSPS) is 14.3. The molecule has 56 valence electrons. The Labute approximate surface area is 135 Å². The fraction of sp³-hybridized carbons (Fsp3) is 0. The second-order valence-corrected chi connectivity index (χ2v) is 3.48. The first-order valence-electron chi connectivity index (χ1n) is 1.48. The summed E-state index contributed by atoms with van der Waals surface area (Å²) in [6.07, 6.45) is 0. The van der Waals surface area contributed by atoms with Crippen LogP contribution in [0.15, 0.2) is 0 Å². The predicted octanol–water partition coefficient (Wildman–Crippen LogP) is -11.7. The molecule has 7 nitrogen and oxygen atoms in total. The van der Waals surface area contributed by atoms with Crippen molar-refractivity contribution in [1.82, 2.24) is 0 Å². The van der Waals surface area contributed by atoms with Crippen LogP contribution in [-0.2, 0) is 13.4 Å². The maximum atomic E-state index is 9.44. The molecule has 0 amide bonds. The van der Waals surface area contributed by atoms with Crippen molar-refractivity contribution in [3.05, 3.63) is 0 Å². The monoisotopic (exact) mass is 244 g/mol. The van der Waals surface area contributed by atoms with Crippen LogP contribution in [0.1, 0.15) is 0 Å². The summed E-state index contributed by atoms with van der Waals surface area (Å²) in [7, 11) is -11.0. The van der Waals surface area contributed by atoms with Gasteiger partial charge in [-0.2, -0.15) is 0 Å². The van der Waals surface area contributed by atoms with Crippen molar-refractivity contribution in [2.45, 2.75) is 0 Å². The Morgan fingerprint density at radius 3 is 1.25 bits per heavy atom. The summed E-state index contributed by atoms with van der Waals surface area (Å²) in [5.74, 6) is 0. The molecule has 0 aromatic carbocycles.